The topological polar surface area (TPSA) is 83.9 Å². The van der Waals surface area contributed by atoms with Gasteiger partial charge in [0.05, 0.1) is 16.5 Å². The highest BCUT2D eigenvalue weighted by atomic mass is 79.9. The fourth-order valence-electron chi connectivity index (χ4n) is 2.49. The van der Waals surface area contributed by atoms with Crippen LogP contribution in [-0.2, 0) is 14.8 Å². The van der Waals surface area contributed by atoms with Crippen LogP contribution in [0.4, 0.5) is 0 Å². The third-order valence-corrected chi connectivity index (χ3v) is 6.13. The van der Waals surface area contributed by atoms with E-state index in [-0.39, 0.29) is 17.4 Å². The van der Waals surface area contributed by atoms with Gasteiger partial charge in [0.25, 0.3) is 0 Å². The molecular weight excluding hydrogens is 362 g/mol. The molecule has 1 aromatic rings. The highest BCUT2D eigenvalue weighted by Crippen LogP contribution is 2.33. The van der Waals surface area contributed by atoms with Crippen LogP contribution in [0.3, 0.4) is 0 Å². The highest BCUT2D eigenvalue weighted by Gasteiger charge is 2.43. The minimum absolute atomic E-state index is 0.0514. The lowest BCUT2D eigenvalue weighted by atomic mass is 10.0. The number of hydrogen-bond donors (Lipinski definition) is 1. The zero-order valence-corrected chi connectivity index (χ0v) is 14.0. The number of carboxylic acid groups (broad SMARTS) is 1. The van der Waals surface area contributed by atoms with E-state index in [2.05, 4.69) is 15.9 Å². The standard InChI is InChI=1S/C13H16BrNO5S/c1-8-5-6-15(12(8)13(16)17)21(18,19)9-3-4-11(20-2)10(14)7-9/h3-4,7-8,12H,5-6H2,1-2H3,(H,16,17). The highest BCUT2D eigenvalue weighted by molar-refractivity contribution is 9.10. The Kier molecular flexibility index (Phi) is 4.60. The van der Waals surface area contributed by atoms with Gasteiger partial charge in [-0.1, -0.05) is 6.92 Å². The predicted molar refractivity (Wildman–Crippen MR) is 79.8 cm³/mol. The first kappa shape index (κ1) is 16.3. The summed E-state index contributed by atoms with van der Waals surface area (Å²) in [6.45, 7) is 1.96. The number of hydrogen-bond acceptors (Lipinski definition) is 4. The number of halogens is 1. The van der Waals surface area contributed by atoms with Crippen molar-refractivity contribution in [2.75, 3.05) is 13.7 Å². The van der Waals surface area contributed by atoms with Crippen LogP contribution in [0.1, 0.15) is 13.3 Å². The van der Waals surface area contributed by atoms with Crippen LogP contribution >= 0.6 is 15.9 Å². The van der Waals surface area contributed by atoms with Gasteiger partial charge in [0.2, 0.25) is 10.0 Å². The number of carbonyl (C=O) groups is 1. The molecule has 6 nitrogen and oxygen atoms in total. The van der Waals surface area contributed by atoms with Gasteiger partial charge >= 0.3 is 5.97 Å². The molecule has 2 unspecified atom stereocenters. The van der Waals surface area contributed by atoms with Crippen LogP contribution in [0.5, 0.6) is 5.75 Å². The first-order valence-electron chi connectivity index (χ1n) is 6.37. The van der Waals surface area contributed by atoms with Gasteiger partial charge in [0, 0.05) is 6.54 Å². The summed E-state index contributed by atoms with van der Waals surface area (Å²) >= 11 is 3.24. The molecule has 1 N–H and O–H groups in total. The number of nitrogens with zero attached hydrogens (tertiary/aromatic N) is 1. The average molecular weight is 378 g/mol. The fraction of sp³-hybridized carbons (Fsp3) is 0.462. The zero-order chi connectivity index (χ0) is 15.8. The minimum Gasteiger partial charge on any atom is -0.496 e. The van der Waals surface area contributed by atoms with E-state index in [1.807, 2.05) is 0 Å². The maximum absolute atomic E-state index is 12.6. The average Bonchev–Trinajstić information content (AvgIpc) is 2.81. The Bertz CT molecular complexity index is 661. The third-order valence-electron chi connectivity index (χ3n) is 3.64. The fourth-order valence-corrected chi connectivity index (χ4v) is 4.90. The van der Waals surface area contributed by atoms with Crippen LogP contribution in [0.15, 0.2) is 27.6 Å². The first-order valence-corrected chi connectivity index (χ1v) is 8.60. The minimum atomic E-state index is -3.85. The van der Waals surface area contributed by atoms with Crippen LogP contribution in [0, 0.1) is 5.92 Å². The quantitative estimate of drug-likeness (QED) is 0.866. The Hall–Kier alpha value is -1.12. The number of carboxylic acids is 1. The smallest absolute Gasteiger partial charge is 0.322 e. The molecule has 2 rings (SSSR count). The van der Waals surface area contributed by atoms with Crippen LogP contribution in [-0.4, -0.2) is 43.5 Å². The summed E-state index contributed by atoms with van der Waals surface area (Å²) in [5.74, 6) is -0.811. The summed E-state index contributed by atoms with van der Waals surface area (Å²) in [7, 11) is -2.36. The van der Waals surface area contributed by atoms with E-state index >= 15 is 0 Å². The molecule has 1 aromatic carbocycles. The number of benzene rings is 1. The molecule has 0 amide bonds. The van der Waals surface area contributed by atoms with Gasteiger partial charge in [-0.25, -0.2) is 8.42 Å². The number of rotatable bonds is 4. The van der Waals surface area contributed by atoms with Crippen LogP contribution in [0.25, 0.3) is 0 Å². The second-order valence-corrected chi connectivity index (χ2v) is 7.71. The summed E-state index contributed by atoms with van der Waals surface area (Å²) in [5, 5.41) is 9.27. The van der Waals surface area contributed by atoms with Crippen molar-refractivity contribution in [3.63, 3.8) is 0 Å². The van der Waals surface area contributed by atoms with Gasteiger partial charge in [-0.05, 0) is 46.5 Å². The molecule has 1 aliphatic heterocycles. The molecule has 1 heterocycles. The van der Waals surface area contributed by atoms with Crippen molar-refractivity contribution in [2.45, 2.75) is 24.3 Å². The second kappa shape index (κ2) is 5.94. The van der Waals surface area contributed by atoms with Gasteiger partial charge in [-0.2, -0.15) is 4.31 Å². The second-order valence-electron chi connectivity index (χ2n) is 4.96. The first-order chi connectivity index (χ1) is 9.78. The number of sulfonamides is 1. The van der Waals surface area contributed by atoms with E-state index in [0.717, 1.165) is 4.31 Å². The molecular formula is C13H16BrNO5S. The summed E-state index contributed by atoms with van der Waals surface area (Å²) < 4.78 is 31.9. The largest absolute Gasteiger partial charge is 0.496 e. The molecule has 2 atom stereocenters. The van der Waals surface area contributed by atoms with Gasteiger partial charge in [0.15, 0.2) is 0 Å². The van der Waals surface area contributed by atoms with E-state index in [9.17, 15) is 18.3 Å². The summed E-state index contributed by atoms with van der Waals surface area (Å²) in [5.41, 5.74) is 0. The summed E-state index contributed by atoms with van der Waals surface area (Å²) in [4.78, 5) is 11.4. The molecule has 1 aliphatic rings. The van der Waals surface area contributed by atoms with Crippen molar-refractivity contribution >= 4 is 31.9 Å². The van der Waals surface area contributed by atoms with Crippen molar-refractivity contribution in [1.29, 1.82) is 0 Å². The Labute approximate surface area is 131 Å². The maximum atomic E-state index is 12.6. The molecule has 21 heavy (non-hydrogen) atoms. The van der Waals surface area contributed by atoms with E-state index in [1.165, 1.54) is 25.3 Å². The van der Waals surface area contributed by atoms with Crippen molar-refractivity contribution in [3.05, 3.63) is 22.7 Å². The van der Waals surface area contributed by atoms with E-state index < -0.39 is 22.0 Å². The lowest BCUT2D eigenvalue weighted by molar-refractivity contribution is -0.141. The van der Waals surface area contributed by atoms with E-state index in [0.29, 0.717) is 16.6 Å². The summed E-state index contributed by atoms with van der Waals surface area (Å²) in [6, 6.07) is 3.36. The number of methoxy groups -OCH3 is 1. The van der Waals surface area contributed by atoms with Crippen molar-refractivity contribution in [3.8, 4) is 5.75 Å². The molecule has 0 saturated carbocycles. The zero-order valence-electron chi connectivity index (χ0n) is 11.6. The molecule has 0 bridgehead atoms. The van der Waals surface area contributed by atoms with Gasteiger partial charge < -0.3 is 9.84 Å². The summed E-state index contributed by atoms with van der Waals surface area (Å²) in [6.07, 6.45) is 0.535. The molecule has 0 aromatic heterocycles. The normalized spacial score (nSPS) is 23.2. The predicted octanol–water partition coefficient (Wildman–Crippen LogP) is 1.94. The molecule has 116 valence electrons. The SMILES string of the molecule is COc1ccc(S(=O)(=O)N2CCC(C)C2C(=O)O)cc1Br. The molecule has 0 aliphatic carbocycles. The molecule has 1 fully saturated rings. The van der Waals surface area contributed by atoms with Crippen molar-refractivity contribution in [1.82, 2.24) is 4.31 Å². The molecule has 8 heteroatoms. The van der Waals surface area contributed by atoms with E-state index in [4.69, 9.17) is 4.74 Å². The molecule has 0 radical (unpaired) electrons. The molecule has 0 spiro atoms. The number of aliphatic carboxylic acids is 1. The van der Waals surface area contributed by atoms with Gasteiger partial charge in [-0.15, -0.1) is 0 Å². The monoisotopic (exact) mass is 377 g/mol. The Morgan fingerprint density at radius 3 is 2.67 bits per heavy atom. The van der Waals surface area contributed by atoms with Gasteiger partial charge in [-0.3, -0.25) is 4.79 Å². The Balaban J connectivity index is 2.42. The van der Waals surface area contributed by atoms with Gasteiger partial charge in [0.1, 0.15) is 11.8 Å². The molecule has 1 saturated heterocycles. The Morgan fingerprint density at radius 1 is 1.48 bits per heavy atom. The van der Waals surface area contributed by atoms with Crippen LogP contribution < -0.4 is 4.74 Å². The van der Waals surface area contributed by atoms with Crippen molar-refractivity contribution < 1.29 is 23.1 Å². The number of ether oxygens (including phenoxy) is 1. The Morgan fingerprint density at radius 2 is 2.14 bits per heavy atom. The maximum Gasteiger partial charge on any atom is 0.322 e. The lowest BCUT2D eigenvalue weighted by Crippen LogP contribution is -2.42. The van der Waals surface area contributed by atoms with Crippen LogP contribution in [0.2, 0.25) is 0 Å². The lowest BCUT2D eigenvalue weighted by Gasteiger charge is -2.23. The third kappa shape index (κ3) is 2.93. The van der Waals surface area contributed by atoms with E-state index in [1.54, 1.807) is 6.92 Å². The van der Waals surface area contributed by atoms with Crippen molar-refractivity contribution in [2.24, 2.45) is 5.92 Å².